The van der Waals surface area contributed by atoms with E-state index in [-0.39, 0.29) is 25.2 Å². The van der Waals surface area contributed by atoms with Crippen LogP contribution in [0.3, 0.4) is 0 Å². The van der Waals surface area contributed by atoms with E-state index in [1.165, 1.54) is 4.44 Å². The molecule has 0 atom stereocenters. The number of benzene rings is 1. The fraction of sp³-hybridized carbons (Fsp3) is 0.647. The quantitative estimate of drug-likeness (QED) is 0.481. The smallest absolute Gasteiger partial charge is 0.317 e. The third kappa shape index (κ3) is 5.09. The Morgan fingerprint density at radius 3 is 1.86 bits per heavy atom. The van der Waals surface area contributed by atoms with Gasteiger partial charge in [-0.25, -0.2) is 0 Å². The third-order valence-corrected chi connectivity index (χ3v) is 14.7. The Kier molecular flexibility index (Phi) is 6.67. The van der Waals surface area contributed by atoms with Gasteiger partial charge >= 0.3 is 16.8 Å². The molecule has 2 aliphatic rings. The predicted octanol–water partition coefficient (Wildman–Crippen LogP) is 4.42. The number of hydrogen-bond acceptors (Lipinski definition) is 7. The van der Waals surface area contributed by atoms with Crippen LogP contribution in [0.1, 0.15) is 33.3 Å². The Morgan fingerprint density at radius 2 is 1.41 bits per heavy atom. The summed E-state index contributed by atoms with van der Waals surface area (Å²) in [7, 11) is -8.83. The average molecular weight is 484 g/mol. The molecule has 0 amide bonds. The van der Waals surface area contributed by atoms with Crippen LogP contribution in [0.2, 0.25) is 0 Å². The normalized spacial score (nSPS) is 25.6. The van der Waals surface area contributed by atoms with Crippen molar-refractivity contribution in [2.75, 3.05) is 26.4 Å². The maximum atomic E-state index is 12.6. The summed E-state index contributed by atoms with van der Waals surface area (Å²) < 4.78 is 60.4. The van der Waals surface area contributed by atoms with E-state index in [1.807, 2.05) is 58.0 Å². The summed E-state index contributed by atoms with van der Waals surface area (Å²) in [6.45, 7) is 5.23. The SMILES string of the molecule is CC1(C)CO[P](N(Cc2ccccc2)P2(=S)OCC(C)(C)CO2)(S(=O)(=O)O)OC1. The van der Waals surface area contributed by atoms with Crippen LogP contribution in [0.4, 0.5) is 0 Å². The first-order valence-electron chi connectivity index (χ1n) is 9.16. The Hall–Kier alpha value is 0.01000. The van der Waals surface area contributed by atoms with Crippen molar-refractivity contribution in [2.24, 2.45) is 10.8 Å². The lowest BCUT2D eigenvalue weighted by Crippen LogP contribution is -2.41. The van der Waals surface area contributed by atoms with Gasteiger partial charge in [0, 0.05) is 17.4 Å². The molecule has 2 aliphatic heterocycles. The maximum Gasteiger partial charge on any atom is 0.341 e. The third-order valence-electron chi connectivity index (χ3n) is 4.50. The van der Waals surface area contributed by atoms with Crippen LogP contribution >= 0.6 is 13.7 Å². The number of rotatable bonds is 5. The summed E-state index contributed by atoms with van der Waals surface area (Å²) in [5.41, 5.74) is 0.102. The molecule has 2 saturated heterocycles. The van der Waals surface area contributed by atoms with Crippen molar-refractivity contribution in [3.63, 3.8) is 0 Å². The van der Waals surface area contributed by atoms with Crippen LogP contribution in [-0.4, -0.2) is 43.8 Å². The molecule has 0 aliphatic carbocycles. The van der Waals surface area contributed by atoms with Gasteiger partial charge in [0.15, 0.2) is 0 Å². The molecule has 0 bridgehead atoms. The molecule has 1 aromatic carbocycles. The fourth-order valence-electron chi connectivity index (χ4n) is 2.76. The van der Waals surface area contributed by atoms with Crippen molar-refractivity contribution in [3.8, 4) is 0 Å². The van der Waals surface area contributed by atoms with Crippen molar-refractivity contribution in [2.45, 2.75) is 34.2 Å². The lowest BCUT2D eigenvalue weighted by molar-refractivity contribution is 0.0280. The fourth-order valence-corrected chi connectivity index (χ4v) is 13.8. The number of hydrogen-bond donors (Lipinski definition) is 1. The largest absolute Gasteiger partial charge is 0.341 e. The van der Waals surface area contributed by atoms with Crippen LogP contribution in [0, 0.1) is 10.8 Å². The van der Waals surface area contributed by atoms with Gasteiger partial charge in [-0.2, -0.15) is 12.9 Å². The van der Waals surface area contributed by atoms with Gasteiger partial charge < -0.3 is 18.1 Å². The van der Waals surface area contributed by atoms with Gasteiger partial charge in [0.1, 0.15) is 0 Å². The minimum absolute atomic E-state index is 0.0482. The summed E-state index contributed by atoms with van der Waals surface area (Å²) in [5, 5.41) is 0. The van der Waals surface area contributed by atoms with Gasteiger partial charge in [-0.3, -0.25) is 4.55 Å². The molecule has 0 aromatic heterocycles. The first kappa shape index (κ1) is 23.7. The van der Waals surface area contributed by atoms with Crippen LogP contribution in [0.25, 0.3) is 0 Å². The summed E-state index contributed by atoms with van der Waals surface area (Å²) in [4.78, 5) is 0. The van der Waals surface area contributed by atoms with E-state index >= 15 is 0 Å². The van der Waals surface area contributed by atoms with Crippen molar-refractivity contribution in [1.29, 1.82) is 0 Å². The molecule has 165 valence electrons. The minimum Gasteiger partial charge on any atom is -0.317 e. The summed E-state index contributed by atoms with van der Waals surface area (Å²) in [5.74, 6) is 0. The molecule has 0 saturated carbocycles. The number of nitrogens with zero attached hydrogens (tertiary/aromatic N) is 1. The zero-order chi connectivity index (χ0) is 21.6. The van der Waals surface area contributed by atoms with Crippen molar-refractivity contribution >= 4 is 35.3 Å². The lowest BCUT2D eigenvalue weighted by Gasteiger charge is -2.50. The predicted molar refractivity (Wildman–Crippen MR) is 116 cm³/mol. The summed E-state index contributed by atoms with van der Waals surface area (Å²) >= 11 is 5.74. The molecule has 1 N–H and O–H groups in total. The Balaban J connectivity index is 2.06. The molecule has 12 heteroatoms. The second kappa shape index (κ2) is 8.17. The van der Waals surface area contributed by atoms with Gasteiger partial charge in [0.25, 0.3) is 6.64 Å². The highest BCUT2D eigenvalue weighted by molar-refractivity contribution is 8.51. The Morgan fingerprint density at radius 1 is 0.966 bits per heavy atom. The summed E-state index contributed by atoms with van der Waals surface area (Å²) in [6.07, 6.45) is 0. The average Bonchev–Trinajstić information content (AvgIpc) is 2.63. The van der Waals surface area contributed by atoms with E-state index in [4.69, 9.17) is 29.9 Å². The first-order valence-corrected chi connectivity index (χ1v) is 15.4. The molecule has 29 heavy (non-hydrogen) atoms. The van der Waals surface area contributed by atoms with Crippen LogP contribution in [-0.2, 0) is 46.2 Å². The lowest BCUT2D eigenvalue weighted by atomic mass is 9.97. The Bertz CT molecular complexity index is 868. The van der Waals surface area contributed by atoms with Gasteiger partial charge in [-0.15, -0.1) is 0 Å². The standard InChI is InChI=1S/C17H28NO7P2S2/c1-16(2)11-22-26(28,23-12-16)18(10-15-8-6-5-7-9-15)27(29(19,20)21)24-13-17(3,4)14-25-27/h5-9H,10-14H2,1-4H3,(H,19,20,21). The van der Waals surface area contributed by atoms with Crippen molar-refractivity contribution in [1.82, 2.24) is 4.44 Å². The van der Waals surface area contributed by atoms with E-state index in [9.17, 15) is 13.0 Å². The second-order valence-corrected chi connectivity index (χ2v) is 18.1. The van der Waals surface area contributed by atoms with Crippen LogP contribution < -0.4 is 0 Å². The van der Waals surface area contributed by atoms with Crippen molar-refractivity contribution in [3.05, 3.63) is 35.9 Å². The van der Waals surface area contributed by atoms with Gasteiger partial charge in [0.2, 0.25) is 0 Å². The zero-order valence-electron chi connectivity index (χ0n) is 17.0. The van der Waals surface area contributed by atoms with Gasteiger partial charge in [-0.1, -0.05) is 58.0 Å². The molecule has 1 aromatic rings. The molecule has 0 spiro atoms. The van der Waals surface area contributed by atoms with Gasteiger partial charge in [0.05, 0.1) is 26.4 Å². The first-order chi connectivity index (χ1) is 13.3. The topological polar surface area (TPSA) is 94.5 Å². The molecule has 8 nitrogen and oxygen atoms in total. The molecular formula is C17H28NO7P2S2. The van der Waals surface area contributed by atoms with E-state index < -0.39 is 28.9 Å². The molecule has 2 heterocycles. The maximum absolute atomic E-state index is 12.6. The molecule has 1 radical (unpaired) electrons. The monoisotopic (exact) mass is 484 g/mol. The van der Waals surface area contributed by atoms with Crippen molar-refractivity contribution < 1.29 is 31.1 Å². The van der Waals surface area contributed by atoms with Gasteiger partial charge in [-0.05, 0) is 17.4 Å². The minimum atomic E-state index is -4.78. The summed E-state index contributed by atoms with van der Waals surface area (Å²) in [6, 6.07) is 9.18. The zero-order valence-corrected chi connectivity index (χ0v) is 20.4. The van der Waals surface area contributed by atoms with E-state index in [0.29, 0.717) is 13.2 Å². The van der Waals surface area contributed by atoms with E-state index in [0.717, 1.165) is 5.56 Å². The second-order valence-electron chi connectivity index (χ2n) is 8.82. The highest BCUT2D eigenvalue weighted by Crippen LogP contribution is 2.81. The highest BCUT2D eigenvalue weighted by atomic mass is 32.8. The molecule has 0 unspecified atom stereocenters. The molecular weight excluding hydrogens is 456 g/mol. The van der Waals surface area contributed by atoms with Crippen LogP contribution in [0.15, 0.2) is 30.3 Å². The molecule has 3 rings (SSSR count). The molecule has 2 fully saturated rings. The van der Waals surface area contributed by atoms with E-state index in [1.54, 1.807) is 0 Å². The Labute approximate surface area is 178 Å². The highest BCUT2D eigenvalue weighted by Gasteiger charge is 2.60. The van der Waals surface area contributed by atoms with Crippen LogP contribution in [0.5, 0.6) is 0 Å². The van der Waals surface area contributed by atoms with E-state index in [2.05, 4.69) is 0 Å².